The van der Waals surface area contributed by atoms with E-state index >= 15 is 0 Å². The molecule has 20 heavy (non-hydrogen) atoms. The molecule has 94 valence electrons. The van der Waals surface area contributed by atoms with Crippen LogP contribution in [0.5, 0.6) is 0 Å². The molecule has 0 spiro atoms. The molecule has 2 heteroatoms. The Balaban J connectivity index is 3.40. The van der Waals surface area contributed by atoms with Crippen molar-refractivity contribution in [1.29, 1.82) is 0 Å². The van der Waals surface area contributed by atoms with Crippen molar-refractivity contribution in [2.45, 2.75) is 0 Å². The fourth-order valence-electron chi connectivity index (χ4n) is 1.48. The van der Waals surface area contributed by atoms with Crippen LogP contribution in [-0.4, -0.2) is 0 Å². The van der Waals surface area contributed by atoms with E-state index in [1.807, 2.05) is 0 Å². The van der Waals surface area contributed by atoms with Crippen LogP contribution < -0.4 is 11.5 Å². The summed E-state index contributed by atoms with van der Waals surface area (Å²) in [4.78, 5) is 0. The van der Waals surface area contributed by atoms with Crippen molar-refractivity contribution in [3.8, 4) is 49.4 Å². The number of anilines is 2. The number of nitrogens with two attached hydrogens (primary N) is 2. The first-order valence-corrected chi connectivity index (χ1v) is 5.54. The van der Waals surface area contributed by atoms with Crippen LogP contribution in [0.2, 0.25) is 0 Å². The predicted molar refractivity (Wildman–Crippen MR) is 86.6 cm³/mol. The smallest absolute Gasteiger partial charge is 0.0745 e. The highest BCUT2D eigenvalue weighted by Gasteiger charge is 2.04. The van der Waals surface area contributed by atoms with Crippen molar-refractivity contribution in [3.63, 3.8) is 0 Å². The van der Waals surface area contributed by atoms with Gasteiger partial charge in [0.1, 0.15) is 0 Å². The van der Waals surface area contributed by atoms with Gasteiger partial charge in [-0.2, -0.15) is 0 Å². The zero-order valence-corrected chi connectivity index (χ0v) is 10.8. The molecule has 1 aromatic rings. The van der Waals surface area contributed by atoms with Gasteiger partial charge in [0.25, 0.3) is 0 Å². The molecule has 0 fully saturated rings. The van der Waals surface area contributed by atoms with E-state index in [2.05, 4.69) is 23.7 Å². The molecule has 0 bridgehead atoms. The molecule has 0 aliphatic carbocycles. The van der Waals surface area contributed by atoms with Crippen molar-refractivity contribution < 1.29 is 0 Å². The summed E-state index contributed by atoms with van der Waals surface area (Å²) in [5.41, 5.74) is 14.9. The SMILES string of the molecule is C#CC(C#C)=Cc1cc(N)c(C=C(C#C)C#C)cc1N. The van der Waals surface area contributed by atoms with Crippen LogP contribution >= 0.6 is 0 Å². The number of hydrogen-bond acceptors (Lipinski definition) is 2. The Morgan fingerprint density at radius 2 is 1.05 bits per heavy atom. The minimum Gasteiger partial charge on any atom is -0.398 e. The van der Waals surface area contributed by atoms with Gasteiger partial charge in [-0.3, -0.25) is 0 Å². The van der Waals surface area contributed by atoms with E-state index in [9.17, 15) is 0 Å². The van der Waals surface area contributed by atoms with Crippen LogP contribution in [0, 0.1) is 49.4 Å². The van der Waals surface area contributed by atoms with Crippen LogP contribution in [-0.2, 0) is 0 Å². The number of allylic oxidation sites excluding steroid dienone is 2. The molecule has 1 aromatic carbocycles. The fourth-order valence-corrected chi connectivity index (χ4v) is 1.48. The second kappa shape index (κ2) is 6.47. The van der Waals surface area contributed by atoms with Crippen molar-refractivity contribution >= 4 is 23.5 Å². The third kappa shape index (κ3) is 3.27. The topological polar surface area (TPSA) is 52.0 Å². The highest BCUT2D eigenvalue weighted by atomic mass is 14.6. The normalized spacial score (nSPS) is 8.20. The maximum absolute atomic E-state index is 5.94. The minimum absolute atomic E-state index is 0.382. The van der Waals surface area contributed by atoms with E-state index in [1.54, 1.807) is 24.3 Å². The molecule has 0 amide bonds. The van der Waals surface area contributed by atoms with Gasteiger partial charge in [-0.15, -0.1) is 25.7 Å². The highest BCUT2D eigenvalue weighted by molar-refractivity contribution is 5.81. The average Bonchev–Trinajstić information content (AvgIpc) is 2.46. The Hall–Kier alpha value is -3.46. The van der Waals surface area contributed by atoms with E-state index < -0.39 is 0 Å². The number of terminal acetylenes is 4. The van der Waals surface area contributed by atoms with E-state index in [4.69, 9.17) is 37.2 Å². The summed E-state index contributed by atoms with van der Waals surface area (Å²) < 4.78 is 0. The van der Waals surface area contributed by atoms with Gasteiger partial charge in [-0.05, 0) is 24.3 Å². The van der Waals surface area contributed by atoms with Crippen molar-refractivity contribution in [3.05, 3.63) is 34.4 Å². The maximum Gasteiger partial charge on any atom is 0.0745 e. The zero-order chi connectivity index (χ0) is 15.1. The van der Waals surface area contributed by atoms with Gasteiger partial charge in [0, 0.05) is 22.5 Å². The summed E-state index contributed by atoms with van der Waals surface area (Å²) in [7, 11) is 0. The summed E-state index contributed by atoms with van der Waals surface area (Å²) >= 11 is 0. The molecular formula is C18H12N2. The quantitative estimate of drug-likeness (QED) is 0.629. The number of rotatable bonds is 2. The lowest BCUT2D eigenvalue weighted by Gasteiger charge is -2.07. The summed E-state index contributed by atoms with van der Waals surface area (Å²) in [5.74, 6) is 9.50. The standard InChI is InChI=1S/C18H12N2/c1-5-13(6-2)9-15-11-18(20)16(12-17(15)19)10-14(7-3)8-4/h1-4,9-12H,19-20H2. The Bertz CT molecular complexity index is 664. The third-order valence-electron chi connectivity index (χ3n) is 2.51. The maximum atomic E-state index is 5.94. The van der Waals surface area contributed by atoms with E-state index in [0.717, 1.165) is 0 Å². The molecule has 0 aliphatic rings. The molecule has 0 heterocycles. The van der Waals surface area contributed by atoms with Gasteiger partial charge in [-0.1, -0.05) is 23.7 Å². The van der Waals surface area contributed by atoms with Gasteiger partial charge < -0.3 is 11.5 Å². The number of nitrogen functional groups attached to an aromatic ring is 2. The summed E-state index contributed by atoms with van der Waals surface area (Å²) in [5, 5.41) is 0. The number of hydrogen-bond donors (Lipinski definition) is 2. The lowest BCUT2D eigenvalue weighted by Crippen LogP contribution is -1.97. The minimum atomic E-state index is 0.382. The second-order valence-electron chi connectivity index (χ2n) is 3.80. The molecule has 0 unspecified atom stereocenters. The lowest BCUT2D eigenvalue weighted by atomic mass is 10.0. The van der Waals surface area contributed by atoms with Crippen LogP contribution in [0.3, 0.4) is 0 Å². The fraction of sp³-hybridized carbons (Fsp3) is 0. The molecule has 0 aliphatic heterocycles. The zero-order valence-electron chi connectivity index (χ0n) is 10.8. The largest absolute Gasteiger partial charge is 0.398 e. The summed E-state index contributed by atoms with van der Waals surface area (Å²) in [6, 6.07) is 3.33. The van der Waals surface area contributed by atoms with Crippen LogP contribution in [0.25, 0.3) is 12.2 Å². The van der Waals surface area contributed by atoms with Gasteiger partial charge in [-0.25, -0.2) is 0 Å². The summed E-state index contributed by atoms with van der Waals surface area (Å²) in [6.45, 7) is 0. The molecule has 0 radical (unpaired) electrons. The van der Waals surface area contributed by atoms with Crippen molar-refractivity contribution in [1.82, 2.24) is 0 Å². The Kier molecular flexibility index (Phi) is 4.72. The molecular weight excluding hydrogens is 244 g/mol. The Morgan fingerprint density at radius 3 is 1.30 bits per heavy atom. The van der Waals surface area contributed by atoms with Gasteiger partial charge in [0.2, 0.25) is 0 Å². The van der Waals surface area contributed by atoms with Gasteiger partial charge in [0.15, 0.2) is 0 Å². The van der Waals surface area contributed by atoms with Crippen LogP contribution in [0.15, 0.2) is 23.3 Å². The van der Waals surface area contributed by atoms with E-state index in [0.29, 0.717) is 33.6 Å². The van der Waals surface area contributed by atoms with Crippen LogP contribution in [0.1, 0.15) is 11.1 Å². The second-order valence-corrected chi connectivity index (χ2v) is 3.80. The molecule has 0 saturated carbocycles. The monoisotopic (exact) mass is 256 g/mol. The first-order chi connectivity index (χ1) is 9.55. The Morgan fingerprint density at radius 1 is 0.750 bits per heavy atom. The molecule has 2 nitrogen and oxygen atoms in total. The first-order valence-electron chi connectivity index (χ1n) is 5.54. The van der Waals surface area contributed by atoms with E-state index in [1.165, 1.54) is 0 Å². The van der Waals surface area contributed by atoms with Crippen LogP contribution in [0.4, 0.5) is 11.4 Å². The lowest BCUT2D eigenvalue weighted by molar-refractivity contribution is 1.59. The summed E-state index contributed by atoms with van der Waals surface area (Å²) in [6.07, 6.45) is 24.3. The predicted octanol–water partition coefficient (Wildman–Crippen LogP) is 2.15. The first kappa shape index (κ1) is 14.6. The third-order valence-corrected chi connectivity index (χ3v) is 2.51. The highest BCUT2D eigenvalue weighted by Crippen LogP contribution is 2.25. The number of benzene rings is 1. The molecule has 1 rings (SSSR count). The average molecular weight is 256 g/mol. The molecule has 4 N–H and O–H groups in total. The van der Waals surface area contributed by atoms with Gasteiger partial charge >= 0.3 is 0 Å². The molecule has 0 aromatic heterocycles. The molecule has 0 atom stereocenters. The Labute approximate surface area is 119 Å². The molecule has 0 saturated heterocycles. The van der Waals surface area contributed by atoms with Crippen molar-refractivity contribution in [2.24, 2.45) is 0 Å². The van der Waals surface area contributed by atoms with Gasteiger partial charge in [0.05, 0.1) is 11.1 Å². The van der Waals surface area contributed by atoms with E-state index in [-0.39, 0.29) is 0 Å². The van der Waals surface area contributed by atoms with Crippen molar-refractivity contribution in [2.75, 3.05) is 11.5 Å².